The molecule has 6 heteroatoms. The number of anilines is 1. The number of fused-ring (bicyclic) bond motifs is 1. The molecule has 1 unspecified atom stereocenters. The monoisotopic (exact) mass is 268 g/mol. The van der Waals surface area contributed by atoms with Gasteiger partial charge in [0, 0.05) is 22.9 Å². The lowest BCUT2D eigenvalue weighted by Gasteiger charge is -2.30. The number of para-hydroxylation sites is 1. The molecule has 20 heavy (non-hydrogen) atoms. The fourth-order valence-corrected chi connectivity index (χ4v) is 2.67. The number of aromatic amines is 1. The molecule has 2 aromatic rings. The molecule has 102 valence electrons. The first-order valence-corrected chi connectivity index (χ1v) is 6.73. The number of nitrogens with one attached hydrogen (secondary N) is 2. The average Bonchev–Trinajstić information content (AvgIpc) is 3.15. The zero-order valence-corrected chi connectivity index (χ0v) is 10.9. The average molecular weight is 268 g/mol. The minimum absolute atomic E-state index is 0.308. The Morgan fingerprint density at radius 2 is 2.05 bits per heavy atom. The second-order valence-corrected chi connectivity index (χ2v) is 5.42. The van der Waals surface area contributed by atoms with Crippen LogP contribution < -0.4 is 16.8 Å². The third-order valence-corrected chi connectivity index (χ3v) is 3.90. The normalized spacial score (nSPS) is 24.8. The van der Waals surface area contributed by atoms with Gasteiger partial charge in [0.05, 0.1) is 0 Å². The van der Waals surface area contributed by atoms with Crippen molar-refractivity contribution in [3.05, 3.63) is 47.3 Å². The topological polar surface area (TPSA) is 105 Å². The van der Waals surface area contributed by atoms with Crippen LogP contribution in [0.25, 0.3) is 0 Å². The van der Waals surface area contributed by atoms with Gasteiger partial charge < -0.3 is 11.1 Å². The molecule has 0 radical (unpaired) electrons. The Kier molecular flexibility index (Phi) is 2.20. The highest BCUT2D eigenvalue weighted by atomic mass is 15.2. The molecule has 1 saturated carbocycles. The summed E-state index contributed by atoms with van der Waals surface area (Å²) in [6.07, 6.45) is 2.42. The van der Waals surface area contributed by atoms with Gasteiger partial charge >= 0.3 is 0 Å². The van der Waals surface area contributed by atoms with Crippen molar-refractivity contribution in [2.24, 2.45) is 16.5 Å². The molecule has 0 spiro atoms. The molecule has 1 atom stereocenters. The number of H-pyrrole nitrogens is 1. The molecular formula is C14H16N6. The predicted molar refractivity (Wildman–Crippen MR) is 77.2 cm³/mol. The summed E-state index contributed by atoms with van der Waals surface area (Å²) >= 11 is 0. The first kappa shape index (κ1) is 11.5. The summed E-state index contributed by atoms with van der Waals surface area (Å²) in [5.41, 5.74) is 14.9. The van der Waals surface area contributed by atoms with Gasteiger partial charge in [-0.25, -0.2) is 4.99 Å². The Hall–Kier alpha value is -2.34. The molecule has 0 bridgehead atoms. The largest absolute Gasteiger partial charge is 0.370 e. The van der Waals surface area contributed by atoms with Crippen LogP contribution in [0.15, 0.2) is 35.3 Å². The van der Waals surface area contributed by atoms with E-state index in [0.29, 0.717) is 17.6 Å². The van der Waals surface area contributed by atoms with Crippen LogP contribution >= 0.6 is 0 Å². The summed E-state index contributed by atoms with van der Waals surface area (Å²) in [7, 11) is 0. The van der Waals surface area contributed by atoms with Gasteiger partial charge in [-0.05, 0) is 25.0 Å². The number of aliphatic imine (C=N–C) groups is 1. The Bertz CT molecular complexity index is 699. The minimum atomic E-state index is -1.03. The summed E-state index contributed by atoms with van der Waals surface area (Å²) in [5, 5.41) is 10.5. The highest BCUT2D eigenvalue weighted by Gasteiger charge is 2.38. The maximum Gasteiger partial charge on any atom is 0.195 e. The zero-order chi connectivity index (χ0) is 13.7. The van der Waals surface area contributed by atoms with E-state index in [1.165, 1.54) is 12.8 Å². The molecule has 2 heterocycles. The number of hydrogen-bond donors (Lipinski definition) is 4. The van der Waals surface area contributed by atoms with Crippen LogP contribution in [0.1, 0.15) is 35.7 Å². The lowest BCUT2D eigenvalue weighted by atomic mass is 9.94. The smallest absolute Gasteiger partial charge is 0.195 e. The van der Waals surface area contributed by atoms with Crippen LogP contribution in [0.4, 0.5) is 5.69 Å². The third-order valence-electron chi connectivity index (χ3n) is 3.90. The van der Waals surface area contributed by atoms with Gasteiger partial charge in [-0.3, -0.25) is 10.8 Å². The highest BCUT2D eigenvalue weighted by molar-refractivity contribution is 5.95. The van der Waals surface area contributed by atoms with Gasteiger partial charge in [0.1, 0.15) is 5.69 Å². The van der Waals surface area contributed by atoms with Crippen LogP contribution in [0.2, 0.25) is 0 Å². The van der Waals surface area contributed by atoms with E-state index in [-0.39, 0.29) is 0 Å². The number of hydrogen-bond acceptors (Lipinski definition) is 5. The van der Waals surface area contributed by atoms with Crippen molar-refractivity contribution >= 4 is 11.6 Å². The predicted octanol–water partition coefficient (Wildman–Crippen LogP) is 1.19. The molecule has 1 aromatic carbocycles. The quantitative estimate of drug-likeness (QED) is 0.656. The van der Waals surface area contributed by atoms with Gasteiger partial charge in [0.2, 0.25) is 0 Å². The Labute approximate surface area is 116 Å². The second kappa shape index (κ2) is 3.83. The summed E-state index contributed by atoms with van der Waals surface area (Å²) < 4.78 is 0. The molecular weight excluding hydrogens is 252 g/mol. The highest BCUT2D eigenvalue weighted by Crippen LogP contribution is 2.41. The van der Waals surface area contributed by atoms with Crippen molar-refractivity contribution in [3.63, 3.8) is 0 Å². The maximum atomic E-state index is 6.53. The summed E-state index contributed by atoms with van der Waals surface area (Å²) in [6.45, 7) is 0. The van der Waals surface area contributed by atoms with E-state index in [1.54, 1.807) is 0 Å². The van der Waals surface area contributed by atoms with E-state index in [0.717, 1.165) is 16.9 Å². The summed E-state index contributed by atoms with van der Waals surface area (Å²) in [5.74, 6) is 0.903. The van der Waals surface area contributed by atoms with E-state index in [1.807, 2.05) is 30.3 Å². The van der Waals surface area contributed by atoms with Crippen molar-refractivity contribution in [2.75, 3.05) is 5.32 Å². The zero-order valence-electron chi connectivity index (χ0n) is 10.9. The summed E-state index contributed by atoms with van der Waals surface area (Å²) in [6, 6.07) is 9.77. The van der Waals surface area contributed by atoms with Crippen LogP contribution in [-0.2, 0) is 5.66 Å². The van der Waals surface area contributed by atoms with Crippen LogP contribution in [-0.4, -0.2) is 16.2 Å². The molecule has 2 aliphatic rings. The van der Waals surface area contributed by atoms with E-state index in [4.69, 9.17) is 11.5 Å². The SMILES string of the molecule is NC1=NC(N)(c2cc(C3CC3)[nH]n2)c2ccccc2N1. The number of guanidine groups is 1. The first-order valence-electron chi connectivity index (χ1n) is 6.73. The van der Waals surface area contributed by atoms with E-state index in [2.05, 4.69) is 20.5 Å². The van der Waals surface area contributed by atoms with Gasteiger partial charge in [0.15, 0.2) is 11.6 Å². The van der Waals surface area contributed by atoms with Crippen molar-refractivity contribution in [1.82, 2.24) is 10.2 Å². The fourth-order valence-electron chi connectivity index (χ4n) is 2.67. The number of nitrogens with zero attached hydrogens (tertiary/aromatic N) is 2. The Balaban J connectivity index is 1.85. The van der Waals surface area contributed by atoms with Gasteiger partial charge in [-0.15, -0.1) is 0 Å². The first-order chi connectivity index (χ1) is 9.67. The molecule has 4 rings (SSSR count). The Morgan fingerprint density at radius 3 is 2.85 bits per heavy atom. The lowest BCUT2D eigenvalue weighted by molar-refractivity contribution is 0.546. The molecule has 1 fully saturated rings. The molecule has 0 amide bonds. The van der Waals surface area contributed by atoms with Crippen LogP contribution in [0.5, 0.6) is 0 Å². The standard InChI is InChI=1S/C14H16N6/c15-13-17-10-4-2-1-3-9(10)14(16,18-13)12-7-11(19-20-12)8-5-6-8/h1-4,7-8H,5-6,16H2,(H,19,20)(H3,15,17,18). The van der Waals surface area contributed by atoms with Crippen molar-refractivity contribution < 1.29 is 0 Å². The molecule has 1 aromatic heterocycles. The van der Waals surface area contributed by atoms with E-state index in [9.17, 15) is 0 Å². The molecule has 6 N–H and O–H groups in total. The van der Waals surface area contributed by atoms with E-state index >= 15 is 0 Å². The molecule has 0 saturated heterocycles. The van der Waals surface area contributed by atoms with Gasteiger partial charge in [-0.2, -0.15) is 5.10 Å². The number of rotatable bonds is 2. The van der Waals surface area contributed by atoms with Gasteiger partial charge in [0.25, 0.3) is 0 Å². The maximum absolute atomic E-state index is 6.53. The fraction of sp³-hybridized carbons (Fsp3) is 0.286. The molecule has 1 aliphatic carbocycles. The molecule has 6 nitrogen and oxygen atoms in total. The number of benzene rings is 1. The van der Waals surface area contributed by atoms with E-state index < -0.39 is 5.66 Å². The minimum Gasteiger partial charge on any atom is -0.370 e. The lowest BCUT2D eigenvalue weighted by Crippen LogP contribution is -2.44. The van der Waals surface area contributed by atoms with Crippen molar-refractivity contribution in [1.29, 1.82) is 0 Å². The van der Waals surface area contributed by atoms with Crippen LogP contribution in [0.3, 0.4) is 0 Å². The van der Waals surface area contributed by atoms with Crippen molar-refractivity contribution in [2.45, 2.75) is 24.4 Å². The Morgan fingerprint density at radius 1 is 1.25 bits per heavy atom. The van der Waals surface area contributed by atoms with Crippen molar-refractivity contribution in [3.8, 4) is 0 Å². The third kappa shape index (κ3) is 1.61. The molecule has 1 aliphatic heterocycles. The number of nitrogens with two attached hydrogens (primary N) is 2. The summed E-state index contributed by atoms with van der Waals surface area (Å²) in [4.78, 5) is 4.40. The van der Waals surface area contributed by atoms with Crippen LogP contribution in [0, 0.1) is 0 Å². The second-order valence-electron chi connectivity index (χ2n) is 5.42. The van der Waals surface area contributed by atoms with Gasteiger partial charge in [-0.1, -0.05) is 18.2 Å². The number of aromatic nitrogens is 2.